The van der Waals surface area contributed by atoms with Crippen molar-refractivity contribution in [1.29, 1.82) is 0 Å². The Hall–Kier alpha value is -2.01. The minimum atomic E-state index is 0.306. The SMILES string of the molecule is Clc1cc(NCCc2ccc3c(c2)OCO3)nc(C2CC2)n1. The number of fused-ring (bicyclic) bond motifs is 1. The van der Waals surface area contributed by atoms with Crippen LogP contribution in [-0.2, 0) is 6.42 Å². The molecule has 0 atom stereocenters. The van der Waals surface area contributed by atoms with Crippen LogP contribution in [0, 0.1) is 0 Å². The predicted molar refractivity (Wildman–Crippen MR) is 83.8 cm³/mol. The van der Waals surface area contributed by atoms with Crippen LogP contribution in [-0.4, -0.2) is 23.3 Å². The van der Waals surface area contributed by atoms with Gasteiger partial charge in [-0.2, -0.15) is 0 Å². The fourth-order valence-electron chi connectivity index (χ4n) is 2.48. The molecule has 1 aliphatic heterocycles. The van der Waals surface area contributed by atoms with E-state index in [2.05, 4.69) is 21.4 Å². The Morgan fingerprint density at radius 1 is 1.14 bits per heavy atom. The number of hydrogen-bond acceptors (Lipinski definition) is 5. The number of ether oxygens (including phenoxy) is 2. The third-order valence-electron chi connectivity index (χ3n) is 3.81. The van der Waals surface area contributed by atoms with Gasteiger partial charge in [0.25, 0.3) is 0 Å². The highest BCUT2D eigenvalue weighted by molar-refractivity contribution is 6.29. The predicted octanol–water partition coefficient (Wildman–Crippen LogP) is 3.39. The van der Waals surface area contributed by atoms with Crippen LogP contribution >= 0.6 is 11.6 Å². The molecule has 114 valence electrons. The van der Waals surface area contributed by atoms with Gasteiger partial charge in [-0.05, 0) is 37.0 Å². The number of nitrogens with one attached hydrogen (secondary N) is 1. The number of aromatic nitrogens is 2. The summed E-state index contributed by atoms with van der Waals surface area (Å²) in [6.07, 6.45) is 3.20. The van der Waals surface area contributed by atoms with Crippen LogP contribution in [0.3, 0.4) is 0 Å². The molecule has 5 nitrogen and oxygen atoms in total. The standard InChI is InChI=1S/C16H16ClN3O2/c17-14-8-15(20-16(19-14)11-2-3-11)18-6-5-10-1-4-12-13(7-10)22-9-21-12/h1,4,7-8,11H,2-3,5-6,9H2,(H,18,19,20). The van der Waals surface area contributed by atoms with Crippen molar-refractivity contribution in [3.8, 4) is 11.5 Å². The van der Waals surface area contributed by atoms with E-state index in [0.29, 0.717) is 17.9 Å². The summed E-state index contributed by atoms with van der Waals surface area (Å²) in [5.74, 6) is 3.78. The van der Waals surface area contributed by atoms with Crippen molar-refractivity contribution in [2.24, 2.45) is 0 Å². The van der Waals surface area contributed by atoms with Crippen molar-refractivity contribution in [2.75, 3.05) is 18.7 Å². The maximum atomic E-state index is 6.06. The highest BCUT2D eigenvalue weighted by atomic mass is 35.5. The van der Waals surface area contributed by atoms with Gasteiger partial charge in [-0.25, -0.2) is 9.97 Å². The van der Waals surface area contributed by atoms with E-state index < -0.39 is 0 Å². The van der Waals surface area contributed by atoms with Crippen molar-refractivity contribution >= 4 is 17.4 Å². The van der Waals surface area contributed by atoms with Crippen LogP contribution in [0.25, 0.3) is 0 Å². The normalized spacial score (nSPS) is 15.9. The third kappa shape index (κ3) is 2.95. The first-order chi connectivity index (χ1) is 10.8. The third-order valence-corrected chi connectivity index (χ3v) is 4.01. The second-order valence-electron chi connectivity index (χ2n) is 5.57. The molecule has 2 heterocycles. The van der Waals surface area contributed by atoms with Crippen molar-refractivity contribution in [3.63, 3.8) is 0 Å². The van der Waals surface area contributed by atoms with E-state index in [4.69, 9.17) is 21.1 Å². The first kappa shape index (κ1) is 13.6. The van der Waals surface area contributed by atoms with Gasteiger partial charge in [-0.3, -0.25) is 0 Å². The molecule has 4 rings (SSSR count). The van der Waals surface area contributed by atoms with Gasteiger partial charge < -0.3 is 14.8 Å². The molecule has 1 saturated carbocycles. The average Bonchev–Trinajstić information content (AvgIpc) is 3.25. The van der Waals surface area contributed by atoms with E-state index in [1.165, 1.54) is 5.56 Å². The topological polar surface area (TPSA) is 56.3 Å². The summed E-state index contributed by atoms with van der Waals surface area (Å²) in [6, 6.07) is 7.79. The molecule has 2 aromatic rings. The molecule has 0 saturated heterocycles. The zero-order chi connectivity index (χ0) is 14.9. The minimum Gasteiger partial charge on any atom is -0.454 e. The molecule has 0 unspecified atom stereocenters. The Kier molecular flexibility index (Phi) is 3.50. The van der Waals surface area contributed by atoms with Gasteiger partial charge in [0.2, 0.25) is 6.79 Å². The molecular formula is C16H16ClN3O2. The number of nitrogens with zero attached hydrogens (tertiary/aromatic N) is 2. The minimum absolute atomic E-state index is 0.306. The lowest BCUT2D eigenvalue weighted by Gasteiger charge is -2.08. The van der Waals surface area contributed by atoms with E-state index in [9.17, 15) is 0 Å². The summed E-state index contributed by atoms with van der Waals surface area (Å²) in [5.41, 5.74) is 1.19. The van der Waals surface area contributed by atoms with E-state index >= 15 is 0 Å². The highest BCUT2D eigenvalue weighted by Crippen LogP contribution is 2.38. The van der Waals surface area contributed by atoms with Gasteiger partial charge in [0, 0.05) is 18.5 Å². The summed E-state index contributed by atoms with van der Waals surface area (Å²) in [4.78, 5) is 8.82. The lowest BCUT2D eigenvalue weighted by atomic mass is 10.1. The van der Waals surface area contributed by atoms with Gasteiger partial charge in [0.05, 0.1) is 0 Å². The number of rotatable bonds is 5. The summed E-state index contributed by atoms with van der Waals surface area (Å²) >= 11 is 6.06. The van der Waals surface area contributed by atoms with Crippen LogP contribution in [0.2, 0.25) is 5.15 Å². The Morgan fingerprint density at radius 2 is 2.00 bits per heavy atom. The van der Waals surface area contributed by atoms with E-state index in [1.807, 2.05) is 12.1 Å². The smallest absolute Gasteiger partial charge is 0.231 e. The fourth-order valence-corrected chi connectivity index (χ4v) is 2.67. The van der Waals surface area contributed by atoms with E-state index in [0.717, 1.165) is 48.9 Å². The fraction of sp³-hybridized carbons (Fsp3) is 0.375. The molecule has 0 amide bonds. The van der Waals surface area contributed by atoms with Crippen LogP contribution in [0.15, 0.2) is 24.3 Å². The van der Waals surface area contributed by atoms with Gasteiger partial charge >= 0.3 is 0 Å². The molecule has 0 radical (unpaired) electrons. The maximum absolute atomic E-state index is 6.06. The molecule has 2 aliphatic rings. The average molecular weight is 318 g/mol. The Labute approximate surface area is 133 Å². The second-order valence-corrected chi connectivity index (χ2v) is 5.96. The van der Waals surface area contributed by atoms with Crippen molar-refractivity contribution in [2.45, 2.75) is 25.2 Å². The summed E-state index contributed by atoms with van der Waals surface area (Å²) in [6.45, 7) is 1.08. The Balaban J connectivity index is 1.38. The summed E-state index contributed by atoms with van der Waals surface area (Å²) in [5, 5.41) is 3.82. The van der Waals surface area contributed by atoms with Crippen LogP contribution in [0.1, 0.15) is 30.1 Å². The van der Waals surface area contributed by atoms with Crippen LogP contribution < -0.4 is 14.8 Å². The first-order valence-electron chi connectivity index (χ1n) is 7.45. The van der Waals surface area contributed by atoms with Crippen molar-refractivity contribution in [3.05, 3.63) is 40.8 Å². The lowest BCUT2D eigenvalue weighted by Crippen LogP contribution is -2.08. The molecule has 1 aliphatic carbocycles. The molecule has 0 bridgehead atoms. The highest BCUT2D eigenvalue weighted by Gasteiger charge is 2.27. The molecule has 1 aromatic carbocycles. The van der Waals surface area contributed by atoms with E-state index in [1.54, 1.807) is 6.07 Å². The molecule has 0 spiro atoms. The largest absolute Gasteiger partial charge is 0.454 e. The number of halogens is 1. The molecular weight excluding hydrogens is 302 g/mol. The quantitative estimate of drug-likeness (QED) is 0.857. The van der Waals surface area contributed by atoms with Gasteiger partial charge in [-0.1, -0.05) is 17.7 Å². The number of hydrogen-bond donors (Lipinski definition) is 1. The summed E-state index contributed by atoms with van der Waals surface area (Å²) in [7, 11) is 0. The number of anilines is 1. The van der Waals surface area contributed by atoms with Gasteiger partial charge in [-0.15, -0.1) is 0 Å². The summed E-state index contributed by atoms with van der Waals surface area (Å²) < 4.78 is 10.7. The molecule has 1 fully saturated rings. The molecule has 1 N–H and O–H groups in total. The zero-order valence-corrected chi connectivity index (χ0v) is 12.8. The van der Waals surface area contributed by atoms with Crippen LogP contribution in [0.4, 0.5) is 5.82 Å². The zero-order valence-electron chi connectivity index (χ0n) is 12.0. The Morgan fingerprint density at radius 3 is 2.86 bits per heavy atom. The molecule has 1 aromatic heterocycles. The van der Waals surface area contributed by atoms with E-state index in [-0.39, 0.29) is 0 Å². The van der Waals surface area contributed by atoms with Gasteiger partial charge in [0.15, 0.2) is 11.5 Å². The second kappa shape index (κ2) is 5.65. The lowest BCUT2D eigenvalue weighted by molar-refractivity contribution is 0.174. The first-order valence-corrected chi connectivity index (χ1v) is 7.82. The monoisotopic (exact) mass is 317 g/mol. The number of benzene rings is 1. The van der Waals surface area contributed by atoms with Crippen molar-refractivity contribution in [1.82, 2.24) is 9.97 Å². The molecule has 6 heteroatoms. The maximum Gasteiger partial charge on any atom is 0.231 e. The van der Waals surface area contributed by atoms with Gasteiger partial charge in [0.1, 0.15) is 16.8 Å². The molecule has 22 heavy (non-hydrogen) atoms. The Bertz CT molecular complexity index is 704. The van der Waals surface area contributed by atoms with Crippen LogP contribution in [0.5, 0.6) is 11.5 Å². The van der Waals surface area contributed by atoms with Crippen molar-refractivity contribution < 1.29 is 9.47 Å².